The molecule has 150 valence electrons. The Morgan fingerprint density at radius 1 is 1.07 bits per heavy atom. The Morgan fingerprint density at radius 3 is 2.61 bits per heavy atom. The first-order chi connectivity index (χ1) is 13.6. The summed E-state index contributed by atoms with van der Waals surface area (Å²) in [5, 5.41) is 0. The predicted octanol–water partition coefficient (Wildman–Crippen LogP) is 2.61. The first kappa shape index (κ1) is 20.2. The molecular weight excluding hydrogens is 356 g/mol. The van der Waals surface area contributed by atoms with Gasteiger partial charge in [0, 0.05) is 37.8 Å². The highest BCUT2D eigenvalue weighted by Crippen LogP contribution is 2.26. The predicted molar refractivity (Wildman–Crippen MR) is 108 cm³/mol. The van der Waals surface area contributed by atoms with E-state index < -0.39 is 0 Å². The van der Waals surface area contributed by atoms with Crippen molar-refractivity contribution in [1.82, 2.24) is 24.5 Å². The van der Waals surface area contributed by atoms with E-state index in [1.165, 1.54) is 0 Å². The van der Waals surface area contributed by atoms with Gasteiger partial charge in [-0.2, -0.15) is 0 Å². The van der Waals surface area contributed by atoms with Crippen molar-refractivity contribution >= 4 is 16.9 Å². The summed E-state index contributed by atoms with van der Waals surface area (Å²) in [7, 11) is 0. The normalized spacial score (nSPS) is 11.4. The number of fused-ring (bicyclic) bond motifs is 1. The Bertz CT molecular complexity index is 910. The lowest BCUT2D eigenvalue weighted by Crippen LogP contribution is -2.12. The monoisotopic (exact) mass is 384 g/mol. The number of imidazole rings is 1. The molecule has 0 saturated carbocycles. The van der Waals surface area contributed by atoms with Gasteiger partial charge in [0.15, 0.2) is 5.82 Å². The van der Waals surface area contributed by atoms with Crippen LogP contribution in [0.15, 0.2) is 18.7 Å². The Morgan fingerprint density at radius 2 is 1.86 bits per heavy atom. The van der Waals surface area contributed by atoms with E-state index in [9.17, 15) is 0 Å². The maximum absolute atomic E-state index is 6.12. The van der Waals surface area contributed by atoms with E-state index in [-0.39, 0.29) is 0 Å². The van der Waals surface area contributed by atoms with E-state index in [1.54, 1.807) is 6.33 Å². The second-order valence-corrected chi connectivity index (χ2v) is 6.68. The minimum Gasteiger partial charge on any atom is -0.382 e. The molecule has 3 rings (SSSR count). The maximum Gasteiger partial charge on any atom is 0.151 e. The first-order valence-electron chi connectivity index (χ1n) is 9.63. The topological polar surface area (TPSA) is 101 Å². The number of aryl methyl sites for hydroxylation is 3. The summed E-state index contributed by atoms with van der Waals surface area (Å²) < 4.78 is 13.6. The largest absolute Gasteiger partial charge is 0.382 e. The van der Waals surface area contributed by atoms with E-state index in [4.69, 9.17) is 15.2 Å². The number of nitrogens with two attached hydrogens (primary N) is 1. The molecule has 0 saturated heterocycles. The number of rotatable bonds is 10. The van der Waals surface area contributed by atoms with Gasteiger partial charge in [0.1, 0.15) is 24.3 Å². The highest BCUT2D eigenvalue weighted by atomic mass is 16.5. The average Bonchev–Trinajstić information content (AvgIpc) is 3.07. The van der Waals surface area contributed by atoms with Gasteiger partial charge in [-0.15, -0.1) is 0 Å². The summed E-state index contributed by atoms with van der Waals surface area (Å²) in [5.41, 5.74) is 11.0. The quantitative estimate of drug-likeness (QED) is 0.536. The fourth-order valence-electron chi connectivity index (χ4n) is 3.19. The molecule has 0 aliphatic rings. The summed E-state index contributed by atoms with van der Waals surface area (Å²) in [6, 6.07) is 0. The smallest absolute Gasteiger partial charge is 0.151 e. The van der Waals surface area contributed by atoms with Crippen molar-refractivity contribution in [3.8, 4) is 0 Å². The van der Waals surface area contributed by atoms with Gasteiger partial charge >= 0.3 is 0 Å². The third-order valence-corrected chi connectivity index (χ3v) is 4.74. The van der Waals surface area contributed by atoms with E-state index in [2.05, 4.69) is 31.4 Å². The lowest BCUT2D eigenvalue weighted by Gasteiger charge is -2.12. The first-order valence-corrected chi connectivity index (χ1v) is 9.63. The van der Waals surface area contributed by atoms with Crippen molar-refractivity contribution in [2.24, 2.45) is 0 Å². The molecule has 2 N–H and O–H groups in total. The van der Waals surface area contributed by atoms with Gasteiger partial charge in [-0.25, -0.2) is 19.9 Å². The number of anilines is 1. The van der Waals surface area contributed by atoms with Crippen LogP contribution in [0, 0.1) is 13.8 Å². The Labute approximate surface area is 165 Å². The number of nitrogens with zero attached hydrogens (tertiary/aromatic N) is 5. The summed E-state index contributed by atoms with van der Waals surface area (Å²) in [5.74, 6) is 1.31. The number of pyridine rings is 1. The molecule has 3 heterocycles. The van der Waals surface area contributed by atoms with Crippen molar-refractivity contribution in [2.45, 2.75) is 46.8 Å². The lowest BCUT2D eigenvalue weighted by atomic mass is 10.2. The van der Waals surface area contributed by atoms with Crippen molar-refractivity contribution < 1.29 is 9.47 Å². The molecule has 0 spiro atoms. The number of hydrogen-bond donors (Lipinski definition) is 1. The third kappa shape index (κ3) is 4.63. The molecule has 0 radical (unpaired) electrons. The summed E-state index contributed by atoms with van der Waals surface area (Å²) in [6.45, 7) is 9.03. The highest BCUT2D eigenvalue weighted by Gasteiger charge is 2.17. The van der Waals surface area contributed by atoms with Crippen LogP contribution in [0.2, 0.25) is 0 Å². The van der Waals surface area contributed by atoms with Crippen molar-refractivity contribution in [1.29, 1.82) is 0 Å². The van der Waals surface area contributed by atoms with Crippen LogP contribution in [0.25, 0.3) is 11.0 Å². The van der Waals surface area contributed by atoms with Crippen LogP contribution < -0.4 is 5.73 Å². The fourth-order valence-corrected chi connectivity index (χ4v) is 3.19. The van der Waals surface area contributed by atoms with Crippen LogP contribution in [0.3, 0.4) is 0 Å². The van der Waals surface area contributed by atoms with Crippen molar-refractivity contribution in [3.63, 3.8) is 0 Å². The van der Waals surface area contributed by atoms with Gasteiger partial charge in [0.25, 0.3) is 0 Å². The molecule has 0 aromatic carbocycles. The molecule has 8 heteroatoms. The molecule has 0 unspecified atom stereocenters. The molecule has 8 nitrogen and oxygen atoms in total. The third-order valence-electron chi connectivity index (χ3n) is 4.74. The van der Waals surface area contributed by atoms with Gasteiger partial charge < -0.3 is 19.8 Å². The Hall–Kier alpha value is -2.58. The van der Waals surface area contributed by atoms with Crippen molar-refractivity contribution in [3.05, 3.63) is 41.4 Å². The molecule has 0 aliphatic heterocycles. The second-order valence-electron chi connectivity index (χ2n) is 6.68. The van der Waals surface area contributed by atoms with Gasteiger partial charge in [-0.1, -0.05) is 0 Å². The Kier molecular flexibility index (Phi) is 6.89. The number of aromatic nitrogens is 5. The van der Waals surface area contributed by atoms with Gasteiger partial charge in [0.2, 0.25) is 0 Å². The van der Waals surface area contributed by atoms with Crippen LogP contribution in [0.1, 0.15) is 36.0 Å². The van der Waals surface area contributed by atoms with E-state index >= 15 is 0 Å². The summed E-state index contributed by atoms with van der Waals surface area (Å²) >= 11 is 0. The lowest BCUT2D eigenvalue weighted by molar-refractivity contribution is 0.112. The van der Waals surface area contributed by atoms with Crippen LogP contribution >= 0.6 is 0 Å². The van der Waals surface area contributed by atoms with E-state index in [1.807, 2.05) is 26.2 Å². The standard InChI is InChI=1S/C20H28N6O2/c1-4-27-12-17-25-18-19(14(2)15(3)24-20(18)21)26(17)7-9-28-8-5-6-16-10-22-13-23-11-16/h10-11,13H,4-9,12H2,1-3H3,(H2,21,24). The molecule has 28 heavy (non-hydrogen) atoms. The summed E-state index contributed by atoms with van der Waals surface area (Å²) in [6.07, 6.45) is 7.06. The van der Waals surface area contributed by atoms with Crippen LogP contribution in [0.4, 0.5) is 5.82 Å². The molecule has 0 fully saturated rings. The zero-order valence-corrected chi connectivity index (χ0v) is 16.8. The van der Waals surface area contributed by atoms with Crippen LogP contribution in [-0.2, 0) is 29.0 Å². The molecular formula is C20H28N6O2. The molecule has 0 aliphatic carbocycles. The minimum atomic E-state index is 0.442. The number of nitrogen functional groups attached to an aromatic ring is 1. The fraction of sp³-hybridized carbons (Fsp3) is 0.500. The van der Waals surface area contributed by atoms with Crippen molar-refractivity contribution in [2.75, 3.05) is 25.6 Å². The van der Waals surface area contributed by atoms with Gasteiger partial charge in [0.05, 0.1) is 12.1 Å². The van der Waals surface area contributed by atoms with E-state index in [0.717, 1.165) is 46.5 Å². The minimum absolute atomic E-state index is 0.442. The van der Waals surface area contributed by atoms with Crippen LogP contribution in [-0.4, -0.2) is 44.3 Å². The zero-order valence-electron chi connectivity index (χ0n) is 16.8. The molecule has 3 aromatic heterocycles. The Balaban J connectivity index is 1.65. The highest BCUT2D eigenvalue weighted by molar-refractivity contribution is 5.88. The second kappa shape index (κ2) is 9.57. The zero-order chi connectivity index (χ0) is 19.9. The SMILES string of the molecule is CCOCc1nc2c(N)nc(C)c(C)c2n1CCOCCCc1cncnc1. The van der Waals surface area contributed by atoms with Gasteiger partial charge in [-0.05, 0) is 44.7 Å². The number of hydrogen-bond acceptors (Lipinski definition) is 7. The molecule has 0 bridgehead atoms. The molecule has 0 amide bonds. The van der Waals surface area contributed by atoms with Crippen LogP contribution in [0.5, 0.6) is 0 Å². The maximum atomic E-state index is 6.12. The van der Waals surface area contributed by atoms with E-state index in [0.29, 0.717) is 38.8 Å². The molecule has 0 atom stereocenters. The molecule has 3 aromatic rings. The number of ether oxygens (including phenoxy) is 2. The van der Waals surface area contributed by atoms with Gasteiger partial charge in [-0.3, -0.25) is 0 Å². The summed E-state index contributed by atoms with van der Waals surface area (Å²) in [4.78, 5) is 17.2. The average molecular weight is 384 g/mol.